The van der Waals surface area contributed by atoms with Gasteiger partial charge in [0.2, 0.25) is 5.91 Å². The van der Waals surface area contributed by atoms with Crippen molar-refractivity contribution in [2.45, 2.75) is 0 Å². The maximum absolute atomic E-state index is 11.6. The lowest BCUT2D eigenvalue weighted by atomic mass is 10.3. The molecule has 0 fully saturated rings. The molecule has 0 aliphatic carbocycles. The average molecular weight is 244 g/mol. The first-order valence-electron chi connectivity index (χ1n) is 5.31. The van der Waals surface area contributed by atoms with Crippen LogP contribution in [0.5, 0.6) is 5.75 Å². The quantitative estimate of drug-likeness (QED) is 0.838. The van der Waals surface area contributed by atoms with Crippen LogP contribution in [0.4, 0.5) is 5.82 Å². The number of methoxy groups -OCH3 is 1. The largest absolute Gasteiger partial charge is 0.493 e. The molecule has 5 nitrogen and oxygen atoms in total. The molecule has 0 unspecified atom stereocenters. The van der Waals surface area contributed by atoms with Crippen LogP contribution in [0.1, 0.15) is 5.76 Å². The summed E-state index contributed by atoms with van der Waals surface area (Å²) in [5.74, 6) is 1.20. The summed E-state index contributed by atoms with van der Waals surface area (Å²) >= 11 is 0. The van der Waals surface area contributed by atoms with Crippen molar-refractivity contribution in [3.63, 3.8) is 0 Å². The van der Waals surface area contributed by atoms with E-state index in [2.05, 4.69) is 10.3 Å². The van der Waals surface area contributed by atoms with Gasteiger partial charge in [0, 0.05) is 12.3 Å². The van der Waals surface area contributed by atoms with Crippen LogP contribution < -0.4 is 10.1 Å². The molecule has 2 rings (SSSR count). The highest BCUT2D eigenvalue weighted by atomic mass is 16.5. The normalized spacial score (nSPS) is 10.5. The Hall–Kier alpha value is -2.56. The van der Waals surface area contributed by atoms with E-state index >= 15 is 0 Å². The Bertz CT molecular complexity index is 547. The number of rotatable bonds is 4. The van der Waals surface area contributed by atoms with Gasteiger partial charge in [-0.05, 0) is 30.3 Å². The molecule has 92 valence electrons. The molecule has 0 aliphatic rings. The molecule has 1 N–H and O–H groups in total. The van der Waals surface area contributed by atoms with Gasteiger partial charge in [-0.25, -0.2) is 4.98 Å². The first-order chi connectivity index (χ1) is 8.79. The van der Waals surface area contributed by atoms with Crippen molar-refractivity contribution < 1.29 is 13.9 Å². The van der Waals surface area contributed by atoms with Crippen molar-refractivity contribution in [1.29, 1.82) is 0 Å². The summed E-state index contributed by atoms with van der Waals surface area (Å²) in [5, 5.41) is 2.62. The third-order valence-corrected chi connectivity index (χ3v) is 2.17. The van der Waals surface area contributed by atoms with Crippen molar-refractivity contribution in [1.82, 2.24) is 4.98 Å². The predicted octanol–water partition coefficient (Wildman–Crippen LogP) is 2.34. The third kappa shape index (κ3) is 2.98. The van der Waals surface area contributed by atoms with Crippen LogP contribution in [0, 0.1) is 0 Å². The minimum atomic E-state index is -0.302. The first-order valence-corrected chi connectivity index (χ1v) is 5.31. The maximum atomic E-state index is 11.6. The van der Waals surface area contributed by atoms with Crippen molar-refractivity contribution in [3.8, 4) is 5.75 Å². The van der Waals surface area contributed by atoms with E-state index in [0.717, 1.165) is 0 Å². The van der Waals surface area contributed by atoms with E-state index in [1.807, 2.05) is 0 Å². The molecule has 2 aromatic heterocycles. The molecule has 0 aromatic carbocycles. The molecular weight excluding hydrogens is 232 g/mol. The van der Waals surface area contributed by atoms with Gasteiger partial charge in [0.05, 0.1) is 13.4 Å². The molecule has 18 heavy (non-hydrogen) atoms. The Morgan fingerprint density at radius 2 is 2.33 bits per heavy atom. The molecule has 1 amide bonds. The lowest BCUT2D eigenvalue weighted by Crippen LogP contribution is -2.10. The number of nitrogens with zero attached hydrogens (tertiary/aromatic N) is 1. The van der Waals surface area contributed by atoms with Crippen LogP contribution in [0.2, 0.25) is 0 Å². The van der Waals surface area contributed by atoms with E-state index in [9.17, 15) is 4.79 Å². The molecule has 2 heterocycles. The summed E-state index contributed by atoms with van der Waals surface area (Å²) in [6.07, 6.45) is 6.06. The predicted molar refractivity (Wildman–Crippen MR) is 67.2 cm³/mol. The van der Waals surface area contributed by atoms with Gasteiger partial charge >= 0.3 is 0 Å². The molecule has 0 saturated heterocycles. The Balaban J connectivity index is 2.03. The van der Waals surface area contributed by atoms with Gasteiger partial charge in [0.15, 0.2) is 11.6 Å². The second kappa shape index (κ2) is 5.67. The number of anilines is 1. The first kappa shape index (κ1) is 11.9. The minimum absolute atomic E-state index is 0.302. The van der Waals surface area contributed by atoms with Crippen LogP contribution >= 0.6 is 0 Å². The smallest absolute Gasteiger partial charge is 0.249 e. The number of amides is 1. The third-order valence-electron chi connectivity index (χ3n) is 2.17. The molecule has 2 aromatic rings. The number of ether oxygens (including phenoxy) is 1. The molecule has 0 saturated carbocycles. The van der Waals surface area contributed by atoms with Crippen molar-refractivity contribution in [2.24, 2.45) is 0 Å². The molecule has 0 aliphatic heterocycles. The highest BCUT2D eigenvalue weighted by molar-refractivity contribution is 6.01. The number of pyridine rings is 1. The van der Waals surface area contributed by atoms with E-state index in [-0.39, 0.29) is 5.91 Å². The monoisotopic (exact) mass is 244 g/mol. The number of carbonyl (C=O) groups is 1. The summed E-state index contributed by atoms with van der Waals surface area (Å²) in [7, 11) is 1.52. The minimum Gasteiger partial charge on any atom is -0.493 e. The van der Waals surface area contributed by atoms with Gasteiger partial charge in [-0.1, -0.05) is 0 Å². The fourth-order valence-corrected chi connectivity index (χ4v) is 1.35. The van der Waals surface area contributed by atoms with Gasteiger partial charge in [-0.2, -0.15) is 0 Å². The van der Waals surface area contributed by atoms with E-state index in [0.29, 0.717) is 17.3 Å². The van der Waals surface area contributed by atoms with Gasteiger partial charge in [0.1, 0.15) is 5.76 Å². The fourth-order valence-electron chi connectivity index (χ4n) is 1.35. The molecule has 0 radical (unpaired) electrons. The zero-order valence-electron chi connectivity index (χ0n) is 9.79. The summed E-state index contributed by atoms with van der Waals surface area (Å²) < 4.78 is 10.1. The van der Waals surface area contributed by atoms with Gasteiger partial charge < -0.3 is 14.5 Å². The molecular formula is C13H12N2O3. The van der Waals surface area contributed by atoms with Crippen LogP contribution in [0.3, 0.4) is 0 Å². The van der Waals surface area contributed by atoms with Crippen molar-refractivity contribution in [2.75, 3.05) is 12.4 Å². The van der Waals surface area contributed by atoms with Crippen molar-refractivity contribution in [3.05, 3.63) is 48.6 Å². The van der Waals surface area contributed by atoms with Crippen LogP contribution in [-0.4, -0.2) is 18.0 Å². The molecule has 5 heteroatoms. The van der Waals surface area contributed by atoms with Crippen molar-refractivity contribution >= 4 is 17.8 Å². The van der Waals surface area contributed by atoms with Crippen LogP contribution in [-0.2, 0) is 4.79 Å². The number of aromatic nitrogens is 1. The second-order valence-corrected chi connectivity index (χ2v) is 3.39. The van der Waals surface area contributed by atoms with Gasteiger partial charge in [-0.15, -0.1) is 0 Å². The van der Waals surface area contributed by atoms with Crippen LogP contribution in [0.25, 0.3) is 6.08 Å². The van der Waals surface area contributed by atoms with E-state index in [4.69, 9.17) is 9.15 Å². The van der Waals surface area contributed by atoms with Gasteiger partial charge in [0.25, 0.3) is 0 Å². The van der Waals surface area contributed by atoms with E-state index < -0.39 is 0 Å². The summed E-state index contributed by atoms with van der Waals surface area (Å²) in [6, 6.07) is 6.95. The maximum Gasteiger partial charge on any atom is 0.249 e. The Morgan fingerprint density at radius 3 is 3.06 bits per heavy atom. The summed E-state index contributed by atoms with van der Waals surface area (Å²) in [6.45, 7) is 0. The number of carbonyl (C=O) groups excluding carboxylic acids is 1. The standard InChI is InChI=1S/C13H12N2O3/c1-17-11-5-2-8-14-13(11)15-12(16)7-6-10-4-3-9-18-10/h2-9H,1H3,(H,14,15,16)/b7-6-. The summed E-state index contributed by atoms with van der Waals surface area (Å²) in [4.78, 5) is 15.7. The van der Waals surface area contributed by atoms with E-state index in [1.54, 1.807) is 42.8 Å². The second-order valence-electron chi connectivity index (χ2n) is 3.39. The molecule has 0 bridgehead atoms. The molecule has 0 spiro atoms. The van der Waals surface area contributed by atoms with Gasteiger partial charge in [-0.3, -0.25) is 4.79 Å². The highest BCUT2D eigenvalue weighted by Gasteiger charge is 2.05. The average Bonchev–Trinajstić information content (AvgIpc) is 2.90. The van der Waals surface area contributed by atoms with Crippen LogP contribution in [0.15, 0.2) is 47.2 Å². The SMILES string of the molecule is COc1cccnc1NC(=O)/C=C\c1ccco1. The Morgan fingerprint density at radius 1 is 1.44 bits per heavy atom. The zero-order valence-corrected chi connectivity index (χ0v) is 9.79. The fraction of sp³-hybridized carbons (Fsp3) is 0.0769. The lowest BCUT2D eigenvalue weighted by molar-refractivity contribution is -0.111. The zero-order chi connectivity index (χ0) is 12.8. The Labute approximate surface area is 104 Å². The number of hydrogen-bond acceptors (Lipinski definition) is 4. The number of furan rings is 1. The topological polar surface area (TPSA) is 64.4 Å². The van der Waals surface area contributed by atoms with E-state index in [1.165, 1.54) is 13.2 Å². The number of hydrogen-bond donors (Lipinski definition) is 1. The lowest BCUT2D eigenvalue weighted by Gasteiger charge is -2.06. The summed E-state index contributed by atoms with van der Waals surface area (Å²) in [5.41, 5.74) is 0. The molecule has 0 atom stereocenters. The Kier molecular flexibility index (Phi) is 3.76. The highest BCUT2D eigenvalue weighted by Crippen LogP contribution is 2.19. The number of nitrogens with one attached hydrogen (secondary N) is 1.